The average molecular weight is 262 g/mol. The van der Waals surface area contributed by atoms with Crippen molar-refractivity contribution in [3.05, 3.63) is 59.9 Å². The Kier molecular flexibility index (Phi) is 4.75. The van der Waals surface area contributed by atoms with E-state index >= 15 is 0 Å². The molecule has 2 aromatic rings. The first kappa shape index (κ1) is 13.4. The van der Waals surface area contributed by atoms with Gasteiger partial charge in [-0.25, -0.2) is 4.39 Å². The lowest BCUT2D eigenvalue weighted by Crippen LogP contribution is -2.09. The maximum atomic E-state index is 12.9. The second kappa shape index (κ2) is 6.75. The molecule has 0 saturated heterocycles. The van der Waals surface area contributed by atoms with Crippen LogP contribution in [0, 0.1) is 5.82 Å². The largest absolute Gasteiger partial charge is 0.490 e. The van der Waals surface area contributed by atoms with E-state index < -0.39 is 0 Å². The van der Waals surface area contributed by atoms with Gasteiger partial charge in [0.2, 0.25) is 0 Å². The standard InChI is InChI=1S/C15H15FO3/c16-13-2-1-3-15(10-13)19-9-8-18-14-6-4-12(11-17)5-7-14/h1-7,10,17H,8-9,11H2. The number of hydrogen-bond acceptors (Lipinski definition) is 3. The molecule has 0 aliphatic carbocycles. The lowest BCUT2D eigenvalue weighted by molar-refractivity contribution is 0.216. The molecule has 2 aromatic carbocycles. The molecule has 19 heavy (non-hydrogen) atoms. The number of rotatable bonds is 6. The second-order valence-electron chi connectivity index (χ2n) is 3.96. The quantitative estimate of drug-likeness (QED) is 0.813. The van der Waals surface area contributed by atoms with Crippen molar-refractivity contribution in [2.24, 2.45) is 0 Å². The fourth-order valence-electron chi connectivity index (χ4n) is 1.57. The first-order chi connectivity index (χ1) is 9.28. The monoisotopic (exact) mass is 262 g/mol. The summed E-state index contributed by atoms with van der Waals surface area (Å²) in [5, 5.41) is 8.90. The maximum absolute atomic E-state index is 12.9. The summed E-state index contributed by atoms with van der Waals surface area (Å²) in [6.45, 7) is 0.725. The van der Waals surface area contributed by atoms with Gasteiger partial charge in [0.1, 0.15) is 30.5 Å². The Morgan fingerprint density at radius 2 is 1.58 bits per heavy atom. The van der Waals surface area contributed by atoms with Crippen LogP contribution in [0.4, 0.5) is 4.39 Å². The predicted octanol–water partition coefficient (Wildman–Crippen LogP) is 2.78. The van der Waals surface area contributed by atoms with Gasteiger partial charge < -0.3 is 14.6 Å². The highest BCUT2D eigenvalue weighted by atomic mass is 19.1. The van der Waals surface area contributed by atoms with E-state index in [4.69, 9.17) is 14.6 Å². The zero-order valence-corrected chi connectivity index (χ0v) is 10.4. The van der Waals surface area contributed by atoms with Gasteiger partial charge in [-0.3, -0.25) is 0 Å². The smallest absolute Gasteiger partial charge is 0.126 e. The highest BCUT2D eigenvalue weighted by Crippen LogP contribution is 2.13. The van der Waals surface area contributed by atoms with Gasteiger partial charge in [-0.2, -0.15) is 0 Å². The number of benzene rings is 2. The molecule has 3 nitrogen and oxygen atoms in total. The van der Waals surface area contributed by atoms with Gasteiger partial charge in [0, 0.05) is 6.07 Å². The predicted molar refractivity (Wildman–Crippen MR) is 69.8 cm³/mol. The van der Waals surface area contributed by atoms with Crippen LogP contribution in [-0.4, -0.2) is 18.3 Å². The topological polar surface area (TPSA) is 38.7 Å². The normalized spacial score (nSPS) is 10.2. The molecule has 0 aromatic heterocycles. The van der Waals surface area contributed by atoms with Crippen LogP contribution in [0.15, 0.2) is 48.5 Å². The van der Waals surface area contributed by atoms with Crippen molar-refractivity contribution in [3.8, 4) is 11.5 Å². The summed E-state index contributed by atoms with van der Waals surface area (Å²) in [4.78, 5) is 0. The van der Waals surface area contributed by atoms with E-state index in [-0.39, 0.29) is 12.4 Å². The Morgan fingerprint density at radius 1 is 0.895 bits per heavy atom. The third-order valence-electron chi connectivity index (χ3n) is 2.52. The number of aliphatic hydroxyl groups is 1. The molecule has 0 radical (unpaired) electrons. The summed E-state index contributed by atoms with van der Waals surface area (Å²) in [5.74, 6) is 0.872. The maximum Gasteiger partial charge on any atom is 0.126 e. The van der Waals surface area contributed by atoms with E-state index in [2.05, 4.69) is 0 Å². The Morgan fingerprint density at radius 3 is 2.21 bits per heavy atom. The molecular weight excluding hydrogens is 247 g/mol. The molecule has 0 spiro atoms. The van der Waals surface area contributed by atoms with Gasteiger partial charge in [0.15, 0.2) is 0 Å². The molecule has 0 fully saturated rings. The molecule has 4 heteroatoms. The highest BCUT2D eigenvalue weighted by Gasteiger charge is 1.97. The molecule has 0 aliphatic heterocycles. The third kappa shape index (κ3) is 4.26. The average Bonchev–Trinajstić information content (AvgIpc) is 2.44. The number of hydrogen-bond donors (Lipinski definition) is 1. The van der Waals surface area contributed by atoms with Gasteiger partial charge in [0.25, 0.3) is 0 Å². The fourth-order valence-corrected chi connectivity index (χ4v) is 1.57. The lowest BCUT2D eigenvalue weighted by Gasteiger charge is -2.08. The van der Waals surface area contributed by atoms with E-state index in [1.807, 2.05) is 0 Å². The molecule has 0 atom stereocenters. The summed E-state index contributed by atoms with van der Waals surface area (Å²) >= 11 is 0. The second-order valence-corrected chi connectivity index (χ2v) is 3.96. The van der Waals surface area contributed by atoms with Gasteiger partial charge in [0.05, 0.1) is 6.61 Å². The van der Waals surface area contributed by atoms with Crippen molar-refractivity contribution in [1.29, 1.82) is 0 Å². The van der Waals surface area contributed by atoms with Crippen LogP contribution in [0.2, 0.25) is 0 Å². The highest BCUT2D eigenvalue weighted by molar-refractivity contribution is 5.26. The summed E-state index contributed by atoms with van der Waals surface area (Å²) in [7, 11) is 0. The molecule has 0 amide bonds. The molecule has 0 aliphatic rings. The number of ether oxygens (including phenoxy) is 2. The minimum atomic E-state index is -0.321. The zero-order chi connectivity index (χ0) is 13.5. The summed E-state index contributed by atoms with van der Waals surface area (Å²) in [5.41, 5.74) is 0.836. The van der Waals surface area contributed by atoms with Crippen molar-refractivity contribution >= 4 is 0 Å². The van der Waals surface area contributed by atoms with Crippen molar-refractivity contribution in [2.75, 3.05) is 13.2 Å². The van der Waals surface area contributed by atoms with Crippen LogP contribution in [0.5, 0.6) is 11.5 Å². The first-order valence-electron chi connectivity index (χ1n) is 5.99. The molecule has 100 valence electrons. The minimum absolute atomic E-state index is 0.0168. The van der Waals surface area contributed by atoms with Crippen LogP contribution in [0.3, 0.4) is 0 Å². The summed E-state index contributed by atoms with van der Waals surface area (Å²) in [6.07, 6.45) is 0. The number of halogens is 1. The minimum Gasteiger partial charge on any atom is -0.490 e. The van der Waals surface area contributed by atoms with Crippen LogP contribution in [-0.2, 0) is 6.61 Å². The lowest BCUT2D eigenvalue weighted by atomic mass is 10.2. The Balaban J connectivity index is 1.74. The van der Waals surface area contributed by atoms with Crippen molar-refractivity contribution in [1.82, 2.24) is 0 Å². The Labute approximate surface area is 111 Å². The molecule has 0 bridgehead atoms. The van der Waals surface area contributed by atoms with E-state index in [9.17, 15) is 4.39 Å². The van der Waals surface area contributed by atoms with Crippen LogP contribution < -0.4 is 9.47 Å². The SMILES string of the molecule is OCc1ccc(OCCOc2cccc(F)c2)cc1. The van der Waals surface area contributed by atoms with E-state index in [0.29, 0.717) is 24.7 Å². The van der Waals surface area contributed by atoms with Gasteiger partial charge >= 0.3 is 0 Å². The van der Waals surface area contributed by atoms with Gasteiger partial charge in [-0.1, -0.05) is 18.2 Å². The molecular formula is C15H15FO3. The summed E-state index contributed by atoms with van der Waals surface area (Å²) < 4.78 is 23.7. The number of aliphatic hydroxyl groups excluding tert-OH is 1. The molecule has 0 saturated carbocycles. The van der Waals surface area contributed by atoms with Crippen LogP contribution in [0.1, 0.15) is 5.56 Å². The third-order valence-corrected chi connectivity index (χ3v) is 2.52. The van der Waals surface area contributed by atoms with Crippen LogP contribution >= 0.6 is 0 Å². The van der Waals surface area contributed by atoms with Crippen molar-refractivity contribution in [3.63, 3.8) is 0 Å². The molecule has 2 rings (SSSR count). The molecule has 1 N–H and O–H groups in total. The first-order valence-corrected chi connectivity index (χ1v) is 5.99. The molecule has 0 unspecified atom stereocenters. The molecule has 0 heterocycles. The van der Waals surface area contributed by atoms with E-state index in [1.165, 1.54) is 12.1 Å². The summed E-state index contributed by atoms with van der Waals surface area (Å²) in [6, 6.07) is 13.1. The van der Waals surface area contributed by atoms with Crippen LogP contribution in [0.25, 0.3) is 0 Å². The van der Waals surface area contributed by atoms with E-state index in [0.717, 1.165) is 5.56 Å². The van der Waals surface area contributed by atoms with Gasteiger partial charge in [-0.15, -0.1) is 0 Å². The van der Waals surface area contributed by atoms with Gasteiger partial charge in [-0.05, 0) is 29.8 Å². The van der Waals surface area contributed by atoms with E-state index in [1.54, 1.807) is 36.4 Å². The van der Waals surface area contributed by atoms with Crippen molar-refractivity contribution in [2.45, 2.75) is 6.61 Å². The Bertz CT molecular complexity index is 511. The fraction of sp³-hybridized carbons (Fsp3) is 0.200. The van der Waals surface area contributed by atoms with Crippen molar-refractivity contribution < 1.29 is 19.0 Å². The Hall–Kier alpha value is -2.07. The zero-order valence-electron chi connectivity index (χ0n) is 10.4.